The summed E-state index contributed by atoms with van der Waals surface area (Å²) in [5.74, 6) is 0.511. The second-order valence-corrected chi connectivity index (χ2v) is 6.68. The fourth-order valence-electron chi connectivity index (χ4n) is 1.80. The molecular weight excluding hydrogens is 406 g/mol. The van der Waals surface area contributed by atoms with Gasteiger partial charge in [-0.1, -0.05) is 50.7 Å². The molecule has 0 aliphatic heterocycles. The number of methoxy groups -OCH3 is 1. The third kappa shape index (κ3) is 3.55. The summed E-state index contributed by atoms with van der Waals surface area (Å²) in [4.78, 5) is 0. The summed E-state index contributed by atoms with van der Waals surface area (Å²) >= 11 is 28.3. The van der Waals surface area contributed by atoms with Gasteiger partial charge in [-0.2, -0.15) is 0 Å². The minimum absolute atomic E-state index is 0.457. The molecule has 20 heavy (non-hydrogen) atoms. The van der Waals surface area contributed by atoms with E-state index in [1.807, 2.05) is 6.07 Å². The Morgan fingerprint density at radius 2 is 1.70 bits per heavy atom. The molecule has 106 valence electrons. The lowest BCUT2D eigenvalue weighted by Crippen LogP contribution is -1.96. The lowest BCUT2D eigenvalue weighted by atomic mass is 10.0. The first-order chi connectivity index (χ1) is 9.42. The highest BCUT2D eigenvalue weighted by Gasteiger charge is 2.18. The van der Waals surface area contributed by atoms with Crippen LogP contribution in [0, 0.1) is 0 Å². The standard InChI is InChI=1S/C14H9BrCl4O/c1-20-13-6-11(17)10(5-12(13)18)14(19)7-2-8(15)4-9(16)3-7/h2-6,14H,1H3. The highest BCUT2D eigenvalue weighted by molar-refractivity contribution is 9.10. The topological polar surface area (TPSA) is 9.23 Å². The van der Waals surface area contributed by atoms with Gasteiger partial charge in [-0.15, -0.1) is 11.6 Å². The van der Waals surface area contributed by atoms with Crippen LogP contribution in [0.2, 0.25) is 15.1 Å². The summed E-state index contributed by atoms with van der Waals surface area (Å²) in [6.07, 6.45) is 0. The normalized spacial score (nSPS) is 12.3. The number of rotatable bonds is 3. The zero-order chi connectivity index (χ0) is 14.9. The second kappa shape index (κ2) is 6.76. The first-order valence-electron chi connectivity index (χ1n) is 5.55. The first kappa shape index (κ1) is 16.3. The van der Waals surface area contributed by atoms with Crippen LogP contribution >= 0.6 is 62.3 Å². The average Bonchev–Trinajstić information content (AvgIpc) is 2.39. The Balaban J connectivity index is 2.47. The van der Waals surface area contributed by atoms with Gasteiger partial charge in [0.15, 0.2) is 0 Å². The molecule has 2 aromatic carbocycles. The zero-order valence-corrected chi connectivity index (χ0v) is 14.9. The van der Waals surface area contributed by atoms with Crippen LogP contribution in [0.1, 0.15) is 16.5 Å². The molecule has 1 nitrogen and oxygen atoms in total. The van der Waals surface area contributed by atoms with Gasteiger partial charge in [-0.05, 0) is 35.4 Å². The van der Waals surface area contributed by atoms with Gasteiger partial charge in [0.1, 0.15) is 5.75 Å². The summed E-state index contributed by atoms with van der Waals surface area (Å²) in [6, 6.07) is 8.82. The van der Waals surface area contributed by atoms with Crippen molar-refractivity contribution in [2.45, 2.75) is 5.38 Å². The molecule has 0 fully saturated rings. The molecule has 0 saturated carbocycles. The van der Waals surface area contributed by atoms with Crippen molar-refractivity contribution in [3.63, 3.8) is 0 Å². The molecule has 0 aromatic heterocycles. The van der Waals surface area contributed by atoms with Crippen molar-refractivity contribution in [2.75, 3.05) is 7.11 Å². The number of hydrogen-bond acceptors (Lipinski definition) is 1. The molecule has 0 spiro atoms. The number of alkyl halides is 1. The van der Waals surface area contributed by atoms with E-state index in [0.717, 1.165) is 10.0 Å². The van der Waals surface area contributed by atoms with Crippen LogP contribution in [0.5, 0.6) is 5.75 Å². The monoisotopic (exact) mass is 412 g/mol. The van der Waals surface area contributed by atoms with Crippen LogP contribution in [-0.4, -0.2) is 7.11 Å². The van der Waals surface area contributed by atoms with Crippen LogP contribution in [0.15, 0.2) is 34.8 Å². The van der Waals surface area contributed by atoms with Crippen molar-refractivity contribution in [3.05, 3.63) is 61.0 Å². The van der Waals surface area contributed by atoms with E-state index < -0.39 is 5.38 Å². The Labute approximate surface area is 145 Å². The maximum Gasteiger partial charge on any atom is 0.138 e. The summed E-state index contributed by atoms with van der Waals surface area (Å²) in [6.45, 7) is 0. The zero-order valence-electron chi connectivity index (χ0n) is 10.3. The smallest absolute Gasteiger partial charge is 0.138 e. The van der Waals surface area contributed by atoms with E-state index in [4.69, 9.17) is 51.1 Å². The molecule has 0 aliphatic rings. The summed E-state index contributed by atoms with van der Waals surface area (Å²) in [5.41, 5.74) is 1.53. The van der Waals surface area contributed by atoms with Crippen molar-refractivity contribution >= 4 is 62.3 Å². The van der Waals surface area contributed by atoms with E-state index in [2.05, 4.69) is 15.9 Å². The van der Waals surface area contributed by atoms with Crippen LogP contribution in [0.25, 0.3) is 0 Å². The van der Waals surface area contributed by atoms with Crippen molar-refractivity contribution in [2.24, 2.45) is 0 Å². The van der Waals surface area contributed by atoms with Gasteiger partial charge in [0.05, 0.1) is 17.5 Å². The molecular formula is C14H9BrCl4O. The molecule has 0 aliphatic carbocycles. The Morgan fingerprint density at radius 1 is 1.00 bits per heavy atom. The molecule has 0 N–H and O–H groups in total. The minimum Gasteiger partial charge on any atom is -0.495 e. The van der Waals surface area contributed by atoms with E-state index in [0.29, 0.717) is 26.4 Å². The molecule has 2 rings (SSSR count). The van der Waals surface area contributed by atoms with E-state index in [1.165, 1.54) is 7.11 Å². The molecule has 6 heteroatoms. The SMILES string of the molecule is COc1cc(Cl)c(C(Cl)c2cc(Cl)cc(Br)c2)cc1Cl. The minimum atomic E-state index is -0.457. The van der Waals surface area contributed by atoms with E-state index >= 15 is 0 Å². The summed E-state index contributed by atoms with van der Waals surface area (Å²) < 4.78 is 5.96. The van der Waals surface area contributed by atoms with Gasteiger partial charge in [0.25, 0.3) is 0 Å². The summed E-state index contributed by atoms with van der Waals surface area (Å²) in [5, 5.41) is 1.08. The molecule has 0 amide bonds. The van der Waals surface area contributed by atoms with Gasteiger partial charge in [-0.25, -0.2) is 0 Å². The lowest BCUT2D eigenvalue weighted by Gasteiger charge is -2.15. The van der Waals surface area contributed by atoms with Gasteiger partial charge >= 0.3 is 0 Å². The van der Waals surface area contributed by atoms with Gasteiger partial charge in [0, 0.05) is 20.6 Å². The number of hydrogen-bond donors (Lipinski definition) is 0. The number of halogens is 5. The predicted molar refractivity (Wildman–Crippen MR) is 89.9 cm³/mol. The predicted octanol–water partition coefficient (Wildman–Crippen LogP) is 6.75. The molecule has 1 atom stereocenters. The highest BCUT2D eigenvalue weighted by Crippen LogP contribution is 2.40. The number of ether oxygens (including phenoxy) is 1. The third-order valence-corrected chi connectivity index (χ3v) is 4.51. The second-order valence-electron chi connectivity index (χ2n) is 4.07. The van der Waals surface area contributed by atoms with E-state index in [9.17, 15) is 0 Å². The van der Waals surface area contributed by atoms with Crippen molar-refractivity contribution in [3.8, 4) is 5.75 Å². The van der Waals surface area contributed by atoms with Gasteiger partial charge in [0.2, 0.25) is 0 Å². The molecule has 0 radical (unpaired) electrons. The fraction of sp³-hybridized carbons (Fsp3) is 0.143. The van der Waals surface area contributed by atoms with Crippen LogP contribution < -0.4 is 4.74 Å². The number of benzene rings is 2. The molecule has 1 unspecified atom stereocenters. The third-order valence-electron chi connectivity index (χ3n) is 2.72. The average molecular weight is 415 g/mol. The maximum absolute atomic E-state index is 6.48. The van der Waals surface area contributed by atoms with Crippen LogP contribution in [0.3, 0.4) is 0 Å². The van der Waals surface area contributed by atoms with Gasteiger partial charge < -0.3 is 4.74 Å². The highest BCUT2D eigenvalue weighted by atomic mass is 79.9. The Morgan fingerprint density at radius 3 is 2.30 bits per heavy atom. The van der Waals surface area contributed by atoms with Crippen molar-refractivity contribution in [1.29, 1.82) is 0 Å². The Kier molecular flexibility index (Phi) is 5.49. The molecule has 0 bridgehead atoms. The summed E-state index contributed by atoms with van der Waals surface area (Å²) in [7, 11) is 1.53. The molecule has 2 aromatic rings. The quantitative estimate of drug-likeness (QED) is 0.505. The van der Waals surface area contributed by atoms with Crippen LogP contribution in [-0.2, 0) is 0 Å². The van der Waals surface area contributed by atoms with Crippen molar-refractivity contribution < 1.29 is 4.74 Å². The lowest BCUT2D eigenvalue weighted by molar-refractivity contribution is 0.415. The van der Waals surface area contributed by atoms with E-state index in [-0.39, 0.29) is 0 Å². The molecule has 0 heterocycles. The fourth-order valence-corrected chi connectivity index (χ4v) is 3.56. The van der Waals surface area contributed by atoms with Crippen LogP contribution in [0.4, 0.5) is 0 Å². The van der Waals surface area contributed by atoms with Gasteiger partial charge in [-0.3, -0.25) is 0 Å². The maximum atomic E-state index is 6.48. The Bertz CT molecular complexity index is 625. The molecule has 0 saturated heterocycles. The first-order valence-corrected chi connectivity index (χ1v) is 7.91. The largest absolute Gasteiger partial charge is 0.495 e. The Hall–Kier alpha value is -0.120. The van der Waals surface area contributed by atoms with E-state index in [1.54, 1.807) is 24.3 Å². The van der Waals surface area contributed by atoms with Crippen molar-refractivity contribution in [1.82, 2.24) is 0 Å².